The second-order valence-corrected chi connectivity index (χ2v) is 4.60. The quantitative estimate of drug-likeness (QED) is 0.815. The maximum absolute atomic E-state index is 14.1. The lowest BCUT2D eigenvalue weighted by molar-refractivity contribution is -0.131. The van der Waals surface area contributed by atoms with Crippen LogP contribution in [0.4, 0.5) is 10.1 Å². The van der Waals surface area contributed by atoms with Crippen molar-refractivity contribution in [3.63, 3.8) is 0 Å². The van der Waals surface area contributed by atoms with Crippen LogP contribution in [-0.2, 0) is 9.59 Å². The van der Waals surface area contributed by atoms with Crippen molar-refractivity contribution >= 4 is 23.6 Å². The fraction of sp³-hybridized carbons (Fsp3) is 0.286. The lowest BCUT2D eigenvalue weighted by Gasteiger charge is -2.26. The van der Waals surface area contributed by atoms with Crippen LogP contribution < -0.4 is 10.6 Å². The molecule has 0 radical (unpaired) electrons. The lowest BCUT2D eigenvalue weighted by Crippen LogP contribution is -2.41. The molecule has 1 unspecified atom stereocenters. The van der Waals surface area contributed by atoms with Crippen LogP contribution in [0, 0.1) is 5.82 Å². The second kappa shape index (κ2) is 5.73. The van der Waals surface area contributed by atoms with E-state index >= 15 is 0 Å². The van der Waals surface area contributed by atoms with Gasteiger partial charge in [0.25, 0.3) is 0 Å². The van der Waals surface area contributed by atoms with Gasteiger partial charge in [-0.1, -0.05) is 12.1 Å². The third-order valence-electron chi connectivity index (χ3n) is 3.29. The Kier molecular flexibility index (Phi) is 4.02. The van der Waals surface area contributed by atoms with E-state index in [1.807, 2.05) is 0 Å². The molecule has 1 heterocycles. The number of carbonyl (C=O) groups excluding carboxylic acids is 1. The molecule has 0 saturated carbocycles. The molecule has 0 aliphatic carbocycles. The van der Waals surface area contributed by atoms with E-state index in [4.69, 9.17) is 10.8 Å². The topological polar surface area (TPSA) is 83.6 Å². The highest BCUT2D eigenvalue weighted by atomic mass is 19.1. The molecule has 1 saturated heterocycles. The van der Waals surface area contributed by atoms with Gasteiger partial charge < -0.3 is 15.7 Å². The van der Waals surface area contributed by atoms with Gasteiger partial charge in [0.2, 0.25) is 5.91 Å². The number of anilines is 1. The van der Waals surface area contributed by atoms with Gasteiger partial charge in [0.05, 0.1) is 5.69 Å². The number of nitrogens with zero attached hydrogens (tertiary/aromatic N) is 1. The summed E-state index contributed by atoms with van der Waals surface area (Å²) >= 11 is 0. The zero-order valence-corrected chi connectivity index (χ0v) is 10.8. The number of benzene rings is 1. The number of amides is 1. The van der Waals surface area contributed by atoms with E-state index in [1.54, 1.807) is 11.0 Å². The van der Waals surface area contributed by atoms with Crippen LogP contribution in [0.5, 0.6) is 0 Å². The predicted octanol–water partition coefficient (Wildman–Crippen LogP) is 1.38. The maximum Gasteiger partial charge on any atom is 0.328 e. The normalized spacial score (nSPS) is 18.6. The Labute approximate surface area is 115 Å². The van der Waals surface area contributed by atoms with Crippen molar-refractivity contribution in [1.82, 2.24) is 0 Å². The van der Waals surface area contributed by atoms with Gasteiger partial charge >= 0.3 is 5.97 Å². The lowest BCUT2D eigenvalue weighted by atomic mass is 10.1. The van der Waals surface area contributed by atoms with E-state index in [-0.39, 0.29) is 5.69 Å². The third-order valence-corrected chi connectivity index (χ3v) is 3.29. The van der Waals surface area contributed by atoms with Gasteiger partial charge in [-0.25, -0.2) is 9.18 Å². The highest BCUT2D eigenvalue weighted by Crippen LogP contribution is 2.32. The first-order valence-electron chi connectivity index (χ1n) is 6.26. The van der Waals surface area contributed by atoms with Crippen molar-refractivity contribution in [3.8, 4) is 0 Å². The summed E-state index contributed by atoms with van der Waals surface area (Å²) in [6.45, 7) is 0.516. The second-order valence-electron chi connectivity index (χ2n) is 4.60. The summed E-state index contributed by atoms with van der Waals surface area (Å²) in [5.74, 6) is -2.11. The zero-order valence-electron chi connectivity index (χ0n) is 10.8. The molecule has 6 heteroatoms. The van der Waals surface area contributed by atoms with Crippen molar-refractivity contribution in [3.05, 3.63) is 35.7 Å². The van der Waals surface area contributed by atoms with Crippen molar-refractivity contribution in [1.29, 1.82) is 0 Å². The number of halogens is 1. The van der Waals surface area contributed by atoms with Crippen LogP contribution >= 0.6 is 0 Å². The third kappa shape index (κ3) is 2.79. The van der Waals surface area contributed by atoms with E-state index in [0.29, 0.717) is 18.5 Å². The van der Waals surface area contributed by atoms with Gasteiger partial charge in [0.15, 0.2) is 0 Å². The highest BCUT2D eigenvalue weighted by Gasteiger charge is 2.31. The molecule has 0 spiro atoms. The van der Waals surface area contributed by atoms with E-state index in [0.717, 1.165) is 12.5 Å². The number of rotatable bonds is 4. The molecule has 0 bridgehead atoms. The highest BCUT2D eigenvalue weighted by molar-refractivity contribution is 5.89. The van der Waals surface area contributed by atoms with Gasteiger partial charge in [-0.2, -0.15) is 0 Å². The number of nitrogens with two attached hydrogens (primary N) is 1. The monoisotopic (exact) mass is 278 g/mol. The molecule has 2 rings (SSSR count). The van der Waals surface area contributed by atoms with Gasteiger partial charge in [-0.15, -0.1) is 0 Å². The molecule has 1 atom stereocenters. The Morgan fingerprint density at radius 2 is 2.20 bits per heavy atom. The van der Waals surface area contributed by atoms with Crippen molar-refractivity contribution in [2.75, 3.05) is 11.4 Å². The van der Waals surface area contributed by atoms with Crippen molar-refractivity contribution in [2.45, 2.75) is 18.9 Å². The summed E-state index contributed by atoms with van der Waals surface area (Å²) in [5, 5.41) is 8.67. The Balaban J connectivity index is 2.44. The molecule has 1 aliphatic heterocycles. The first-order valence-corrected chi connectivity index (χ1v) is 6.26. The summed E-state index contributed by atoms with van der Waals surface area (Å²) in [6.07, 6.45) is 3.57. The Morgan fingerprint density at radius 1 is 1.45 bits per heavy atom. The van der Waals surface area contributed by atoms with E-state index < -0.39 is 23.7 Å². The van der Waals surface area contributed by atoms with Crippen LogP contribution in [0.15, 0.2) is 24.3 Å². The molecule has 1 aromatic rings. The molecule has 5 nitrogen and oxygen atoms in total. The van der Waals surface area contributed by atoms with E-state index in [9.17, 15) is 14.0 Å². The largest absolute Gasteiger partial charge is 0.478 e. The average molecular weight is 278 g/mol. The molecule has 3 N–H and O–H groups in total. The number of hydrogen-bond acceptors (Lipinski definition) is 3. The summed E-state index contributed by atoms with van der Waals surface area (Å²) in [4.78, 5) is 23.6. The minimum Gasteiger partial charge on any atom is -0.478 e. The minimum absolute atomic E-state index is 0.228. The Morgan fingerprint density at radius 3 is 2.85 bits per heavy atom. The van der Waals surface area contributed by atoms with Gasteiger partial charge in [0.1, 0.15) is 11.9 Å². The summed E-state index contributed by atoms with van der Waals surface area (Å²) in [6, 6.07) is 3.83. The zero-order chi connectivity index (χ0) is 14.7. The molecule has 1 aliphatic rings. The fourth-order valence-corrected chi connectivity index (χ4v) is 2.46. The number of primary amides is 1. The molecule has 1 amide bonds. The Bertz CT molecular complexity index is 572. The predicted molar refractivity (Wildman–Crippen MR) is 72.6 cm³/mol. The molecule has 20 heavy (non-hydrogen) atoms. The van der Waals surface area contributed by atoms with Crippen LogP contribution in [0.1, 0.15) is 18.4 Å². The Hall–Kier alpha value is -2.37. The van der Waals surface area contributed by atoms with Gasteiger partial charge in [-0.05, 0) is 25.0 Å². The average Bonchev–Trinajstić information content (AvgIpc) is 2.85. The standard InChI is InChI=1S/C14H15FN2O3/c15-10-4-1-3-9(6-7-12(18)19)13(10)17-8-2-5-11(17)14(16)20/h1,3-4,6-7,11H,2,5,8H2,(H2,16,20)(H,18,19)/b7-6+. The van der Waals surface area contributed by atoms with Crippen LogP contribution in [0.2, 0.25) is 0 Å². The molecule has 1 fully saturated rings. The summed E-state index contributed by atoms with van der Waals surface area (Å²) in [5.41, 5.74) is 5.98. The van der Waals surface area contributed by atoms with Crippen LogP contribution in [-0.4, -0.2) is 29.6 Å². The number of carbonyl (C=O) groups is 2. The van der Waals surface area contributed by atoms with Gasteiger partial charge in [-0.3, -0.25) is 4.79 Å². The number of para-hydroxylation sites is 1. The molecular weight excluding hydrogens is 263 g/mol. The van der Waals surface area contributed by atoms with E-state index in [2.05, 4.69) is 0 Å². The molecule has 1 aromatic carbocycles. The van der Waals surface area contributed by atoms with Crippen LogP contribution in [0.25, 0.3) is 6.08 Å². The summed E-state index contributed by atoms with van der Waals surface area (Å²) < 4.78 is 14.1. The first-order chi connectivity index (χ1) is 9.50. The number of carboxylic acids is 1. The SMILES string of the molecule is NC(=O)C1CCCN1c1c(F)cccc1/C=C/C(=O)O. The summed E-state index contributed by atoms with van der Waals surface area (Å²) in [7, 11) is 0. The van der Waals surface area contributed by atoms with Gasteiger partial charge in [0, 0.05) is 18.2 Å². The molecule has 0 aromatic heterocycles. The van der Waals surface area contributed by atoms with Crippen molar-refractivity contribution < 1.29 is 19.1 Å². The molecule has 106 valence electrons. The minimum atomic E-state index is -1.12. The maximum atomic E-state index is 14.1. The van der Waals surface area contributed by atoms with Crippen LogP contribution in [0.3, 0.4) is 0 Å². The smallest absolute Gasteiger partial charge is 0.328 e. The fourth-order valence-electron chi connectivity index (χ4n) is 2.46. The first kappa shape index (κ1) is 14.0. The number of hydrogen-bond donors (Lipinski definition) is 2. The number of aliphatic carboxylic acids is 1. The van der Waals surface area contributed by atoms with Crippen molar-refractivity contribution in [2.24, 2.45) is 5.73 Å². The number of carboxylic acid groups (broad SMARTS) is 1. The molecular formula is C14H15FN2O3. The van der Waals surface area contributed by atoms with E-state index in [1.165, 1.54) is 18.2 Å².